The molecule has 2 aromatic rings. The van der Waals surface area contributed by atoms with Crippen LogP contribution in [0.2, 0.25) is 0 Å². The quantitative estimate of drug-likeness (QED) is 0.505. The lowest BCUT2D eigenvalue weighted by molar-refractivity contribution is -0.384. The number of nitrogens with zero attached hydrogens (tertiary/aromatic N) is 1. The van der Waals surface area contributed by atoms with Crippen LogP contribution in [0.4, 0.5) is 10.1 Å². The first kappa shape index (κ1) is 12.0. The van der Waals surface area contributed by atoms with Crippen molar-refractivity contribution in [1.82, 2.24) is 4.98 Å². The predicted molar refractivity (Wildman–Crippen MR) is 61.0 cm³/mol. The van der Waals surface area contributed by atoms with E-state index in [0.29, 0.717) is 5.69 Å². The Morgan fingerprint density at radius 1 is 1.50 bits per heavy atom. The Labute approximate surface area is 101 Å². The van der Waals surface area contributed by atoms with E-state index in [0.717, 1.165) is 12.1 Å². The van der Waals surface area contributed by atoms with Gasteiger partial charge in [-0.15, -0.1) is 0 Å². The highest BCUT2D eigenvalue weighted by atomic mass is 19.1. The van der Waals surface area contributed by atoms with Crippen LogP contribution in [0.15, 0.2) is 12.1 Å². The van der Waals surface area contributed by atoms with Gasteiger partial charge in [-0.1, -0.05) is 0 Å². The van der Waals surface area contributed by atoms with Gasteiger partial charge < -0.3 is 9.72 Å². The molecule has 0 aliphatic carbocycles. The Morgan fingerprint density at radius 2 is 2.17 bits per heavy atom. The Morgan fingerprint density at radius 3 is 2.72 bits per heavy atom. The maximum atomic E-state index is 13.7. The van der Waals surface area contributed by atoms with Gasteiger partial charge >= 0.3 is 5.97 Å². The van der Waals surface area contributed by atoms with E-state index < -0.39 is 22.4 Å². The van der Waals surface area contributed by atoms with E-state index in [-0.39, 0.29) is 16.5 Å². The average molecular weight is 252 g/mol. The highest BCUT2D eigenvalue weighted by molar-refractivity contribution is 6.06. The van der Waals surface area contributed by atoms with Crippen molar-refractivity contribution in [3.63, 3.8) is 0 Å². The number of aromatic amines is 1. The van der Waals surface area contributed by atoms with E-state index in [2.05, 4.69) is 9.72 Å². The summed E-state index contributed by atoms with van der Waals surface area (Å²) in [6.45, 7) is 1.57. The number of benzene rings is 1. The molecule has 0 aliphatic rings. The molecule has 94 valence electrons. The first-order valence-electron chi connectivity index (χ1n) is 5.00. The molecule has 1 aromatic heterocycles. The number of carbonyl (C=O) groups is 1. The third kappa shape index (κ3) is 1.69. The maximum Gasteiger partial charge on any atom is 0.340 e. The average Bonchev–Trinajstić information content (AvgIpc) is 2.65. The van der Waals surface area contributed by atoms with Crippen LogP contribution in [0.1, 0.15) is 16.1 Å². The number of nitro benzene ring substituents is 1. The zero-order chi connectivity index (χ0) is 13.4. The molecule has 0 spiro atoms. The van der Waals surface area contributed by atoms with Gasteiger partial charge in [-0.2, -0.15) is 0 Å². The summed E-state index contributed by atoms with van der Waals surface area (Å²) in [7, 11) is 1.19. The number of hydrogen-bond donors (Lipinski definition) is 1. The summed E-state index contributed by atoms with van der Waals surface area (Å²) in [6, 6.07) is 1.95. The number of nitrogens with one attached hydrogen (secondary N) is 1. The topological polar surface area (TPSA) is 85.2 Å². The molecule has 18 heavy (non-hydrogen) atoms. The van der Waals surface area contributed by atoms with Crippen LogP contribution >= 0.6 is 0 Å². The molecule has 0 radical (unpaired) electrons. The van der Waals surface area contributed by atoms with E-state index in [1.54, 1.807) is 6.92 Å². The second kappa shape index (κ2) is 4.10. The number of carbonyl (C=O) groups excluding carboxylic acids is 1. The Hall–Kier alpha value is -2.44. The number of halogens is 1. The third-order valence-electron chi connectivity index (χ3n) is 2.63. The van der Waals surface area contributed by atoms with E-state index in [1.165, 1.54) is 7.11 Å². The molecule has 2 rings (SSSR count). The molecule has 7 heteroatoms. The van der Waals surface area contributed by atoms with Gasteiger partial charge in [0.05, 0.1) is 29.2 Å². The Bertz CT molecular complexity index is 663. The van der Waals surface area contributed by atoms with Crippen LogP contribution in [-0.4, -0.2) is 23.0 Å². The van der Waals surface area contributed by atoms with Crippen molar-refractivity contribution >= 4 is 22.6 Å². The van der Waals surface area contributed by atoms with Crippen LogP contribution in [-0.2, 0) is 4.74 Å². The Balaban J connectivity index is 2.83. The molecule has 0 unspecified atom stereocenters. The first-order chi connectivity index (χ1) is 8.45. The number of non-ortho nitro benzene ring substituents is 1. The van der Waals surface area contributed by atoms with Gasteiger partial charge in [0.25, 0.3) is 5.69 Å². The number of rotatable bonds is 2. The lowest BCUT2D eigenvalue weighted by Crippen LogP contribution is -2.02. The van der Waals surface area contributed by atoms with Gasteiger partial charge in [-0.05, 0) is 6.92 Å². The first-order valence-corrected chi connectivity index (χ1v) is 5.00. The van der Waals surface area contributed by atoms with Crippen LogP contribution in [0, 0.1) is 22.9 Å². The minimum atomic E-state index is -0.780. The van der Waals surface area contributed by atoms with Gasteiger partial charge in [-0.25, -0.2) is 9.18 Å². The normalized spacial score (nSPS) is 10.6. The standard InChI is InChI=1S/C11H9FN2O4/c1-5-9(11(15)18-2)7-3-6(14(16)17)4-8(12)10(7)13-5/h3-4,13H,1-2H3. The number of H-pyrrole nitrogens is 1. The van der Waals surface area contributed by atoms with Gasteiger partial charge in [0, 0.05) is 17.1 Å². The summed E-state index contributed by atoms with van der Waals surface area (Å²) in [5.74, 6) is -1.45. The van der Waals surface area contributed by atoms with Crippen LogP contribution in [0.25, 0.3) is 10.9 Å². The fourth-order valence-corrected chi connectivity index (χ4v) is 1.84. The number of aromatic nitrogens is 1. The van der Waals surface area contributed by atoms with Crippen molar-refractivity contribution in [3.8, 4) is 0 Å². The molecular formula is C11H9FN2O4. The monoisotopic (exact) mass is 252 g/mol. The number of esters is 1. The summed E-state index contributed by atoms with van der Waals surface area (Å²) >= 11 is 0. The molecule has 1 N–H and O–H groups in total. The minimum absolute atomic E-state index is 0.0542. The van der Waals surface area contributed by atoms with Crippen molar-refractivity contribution < 1.29 is 18.8 Å². The minimum Gasteiger partial charge on any atom is -0.465 e. The maximum absolute atomic E-state index is 13.7. The Kier molecular flexibility index (Phi) is 2.74. The van der Waals surface area contributed by atoms with E-state index in [9.17, 15) is 19.3 Å². The second-order valence-electron chi connectivity index (χ2n) is 3.72. The number of nitro groups is 1. The lowest BCUT2D eigenvalue weighted by Gasteiger charge is -1.99. The largest absolute Gasteiger partial charge is 0.465 e. The molecular weight excluding hydrogens is 243 g/mol. The zero-order valence-electron chi connectivity index (χ0n) is 9.61. The number of methoxy groups -OCH3 is 1. The summed E-state index contributed by atoms with van der Waals surface area (Å²) in [5, 5.41) is 10.8. The molecule has 6 nitrogen and oxygen atoms in total. The predicted octanol–water partition coefficient (Wildman–Crippen LogP) is 2.31. The smallest absolute Gasteiger partial charge is 0.340 e. The summed E-state index contributed by atoms with van der Waals surface area (Å²) in [5.41, 5.74) is 0.147. The van der Waals surface area contributed by atoms with Crippen LogP contribution in [0.5, 0.6) is 0 Å². The highest BCUT2D eigenvalue weighted by Crippen LogP contribution is 2.29. The lowest BCUT2D eigenvalue weighted by atomic mass is 10.1. The third-order valence-corrected chi connectivity index (χ3v) is 2.63. The number of ether oxygens (including phenoxy) is 1. The van der Waals surface area contributed by atoms with Crippen molar-refractivity contribution in [3.05, 3.63) is 39.3 Å². The van der Waals surface area contributed by atoms with Crippen molar-refractivity contribution in [2.75, 3.05) is 7.11 Å². The second-order valence-corrected chi connectivity index (χ2v) is 3.72. The number of hydrogen-bond acceptors (Lipinski definition) is 4. The molecule has 1 aromatic carbocycles. The van der Waals surface area contributed by atoms with Crippen molar-refractivity contribution in [1.29, 1.82) is 0 Å². The molecule has 0 fully saturated rings. The van der Waals surface area contributed by atoms with E-state index in [4.69, 9.17) is 0 Å². The van der Waals surface area contributed by atoms with Gasteiger partial charge in [0.15, 0.2) is 5.82 Å². The molecule has 0 atom stereocenters. The molecule has 0 amide bonds. The van der Waals surface area contributed by atoms with Crippen molar-refractivity contribution in [2.45, 2.75) is 6.92 Å². The van der Waals surface area contributed by atoms with Crippen LogP contribution in [0.3, 0.4) is 0 Å². The summed E-state index contributed by atoms with van der Waals surface area (Å²) in [6.07, 6.45) is 0. The molecule has 0 saturated carbocycles. The molecule has 0 saturated heterocycles. The fraction of sp³-hybridized carbons (Fsp3) is 0.182. The van der Waals surface area contributed by atoms with Gasteiger partial charge in [-0.3, -0.25) is 10.1 Å². The number of aryl methyl sites for hydroxylation is 1. The van der Waals surface area contributed by atoms with Gasteiger partial charge in [0.1, 0.15) is 0 Å². The van der Waals surface area contributed by atoms with Crippen molar-refractivity contribution in [2.24, 2.45) is 0 Å². The molecule has 0 aliphatic heterocycles. The number of fused-ring (bicyclic) bond motifs is 1. The molecule has 1 heterocycles. The summed E-state index contributed by atoms with van der Waals surface area (Å²) in [4.78, 5) is 24.2. The van der Waals surface area contributed by atoms with E-state index in [1.807, 2.05) is 0 Å². The van der Waals surface area contributed by atoms with Crippen LogP contribution < -0.4 is 0 Å². The fourth-order valence-electron chi connectivity index (χ4n) is 1.84. The SMILES string of the molecule is COC(=O)c1c(C)[nH]c2c(F)cc([N+](=O)[O-])cc12. The van der Waals surface area contributed by atoms with Gasteiger partial charge in [0.2, 0.25) is 0 Å². The van der Waals surface area contributed by atoms with E-state index >= 15 is 0 Å². The molecule has 0 bridgehead atoms. The highest BCUT2D eigenvalue weighted by Gasteiger charge is 2.22. The zero-order valence-corrected chi connectivity index (χ0v) is 9.61. The summed E-state index contributed by atoms with van der Waals surface area (Å²) < 4.78 is 18.3.